The monoisotopic (exact) mass is 400 g/mol. The van der Waals surface area contributed by atoms with Crippen LogP contribution in [-0.2, 0) is 16.6 Å². The van der Waals surface area contributed by atoms with Crippen LogP contribution in [0.25, 0.3) is 23.1 Å². The van der Waals surface area contributed by atoms with Crippen LogP contribution in [0, 0.1) is 0 Å². The summed E-state index contributed by atoms with van der Waals surface area (Å²) < 4.78 is 12.6. The van der Waals surface area contributed by atoms with E-state index in [1.807, 2.05) is 30.3 Å². The smallest absolute Gasteiger partial charge is 0.296 e. The molecule has 3 aromatic rings. The van der Waals surface area contributed by atoms with Gasteiger partial charge in [-0.3, -0.25) is 4.79 Å². The fourth-order valence-electron chi connectivity index (χ4n) is 2.86. The molecule has 9 nitrogen and oxygen atoms in total. The number of rotatable bonds is 7. The number of carbonyl (C=O) groups excluding carboxylic acids is 1. The van der Waals surface area contributed by atoms with E-state index in [0.29, 0.717) is 23.4 Å². The Morgan fingerprint density at radius 1 is 1.32 bits per heavy atom. The average molecular weight is 400 g/mol. The number of nitrogens with zero attached hydrogens (tertiary/aromatic N) is 5. The number of aromatic nitrogens is 5. The van der Waals surface area contributed by atoms with E-state index in [1.54, 1.807) is 11.6 Å². The Balaban J connectivity index is 1.36. The van der Waals surface area contributed by atoms with Crippen LogP contribution in [0.2, 0.25) is 0 Å². The molecule has 0 saturated carbocycles. The second kappa shape index (κ2) is 8.53. The third-order valence-corrected chi connectivity index (χ3v) is 5.39. The molecule has 1 aliphatic rings. The van der Waals surface area contributed by atoms with Gasteiger partial charge in [0.25, 0.3) is 5.89 Å². The molecule has 0 radical (unpaired) electrons. The third kappa shape index (κ3) is 4.23. The predicted octanol–water partition coefficient (Wildman–Crippen LogP) is 1.92. The lowest BCUT2D eigenvalue weighted by Crippen LogP contribution is -2.32. The molecule has 0 aliphatic carbocycles. The van der Waals surface area contributed by atoms with Crippen LogP contribution in [0.5, 0.6) is 0 Å². The van der Waals surface area contributed by atoms with E-state index in [4.69, 9.17) is 9.26 Å². The summed E-state index contributed by atoms with van der Waals surface area (Å²) in [6.07, 6.45) is 2.18. The highest BCUT2D eigenvalue weighted by molar-refractivity contribution is 7.99. The second-order valence-electron chi connectivity index (χ2n) is 6.38. The van der Waals surface area contributed by atoms with E-state index < -0.39 is 0 Å². The van der Waals surface area contributed by atoms with Crippen molar-refractivity contribution in [2.75, 3.05) is 18.9 Å². The van der Waals surface area contributed by atoms with Gasteiger partial charge in [-0.15, -0.1) is 10.2 Å². The number of thioether (sulfide) groups is 1. The minimum Gasteiger partial charge on any atom is -0.376 e. The van der Waals surface area contributed by atoms with Gasteiger partial charge in [0.05, 0.1) is 11.9 Å². The molecule has 0 unspecified atom stereocenters. The molecule has 3 heterocycles. The Kier molecular flexibility index (Phi) is 5.68. The lowest BCUT2D eigenvalue weighted by molar-refractivity contribution is -0.119. The average Bonchev–Trinajstić information content (AvgIpc) is 3.47. The van der Waals surface area contributed by atoms with E-state index in [-0.39, 0.29) is 23.7 Å². The van der Waals surface area contributed by atoms with Crippen LogP contribution in [0.3, 0.4) is 0 Å². The van der Waals surface area contributed by atoms with Crippen LogP contribution in [0.4, 0.5) is 0 Å². The molecule has 1 aromatic carbocycles. The van der Waals surface area contributed by atoms with Crippen molar-refractivity contribution in [3.8, 4) is 23.1 Å². The summed E-state index contributed by atoms with van der Waals surface area (Å²) in [5, 5.41) is 15.7. The van der Waals surface area contributed by atoms with Gasteiger partial charge in [-0.2, -0.15) is 4.98 Å². The first-order valence-electron chi connectivity index (χ1n) is 9.00. The number of carbonyl (C=O) groups is 1. The van der Waals surface area contributed by atoms with Gasteiger partial charge in [0.1, 0.15) is 0 Å². The van der Waals surface area contributed by atoms with Crippen molar-refractivity contribution in [1.82, 2.24) is 30.2 Å². The number of hydrogen-bond acceptors (Lipinski definition) is 8. The molecule has 0 spiro atoms. The molecular formula is C18H20N6O3S. The molecule has 1 N–H and O–H groups in total. The SMILES string of the molecule is Cn1c(SCC(=O)NC[C@@H]2CCCO2)nnc1-c1nc(-c2ccccc2)no1. The largest absolute Gasteiger partial charge is 0.376 e. The zero-order chi connectivity index (χ0) is 19.3. The maximum Gasteiger partial charge on any atom is 0.296 e. The highest BCUT2D eigenvalue weighted by Gasteiger charge is 2.20. The minimum absolute atomic E-state index is 0.0609. The summed E-state index contributed by atoms with van der Waals surface area (Å²) >= 11 is 1.30. The van der Waals surface area contributed by atoms with Crippen molar-refractivity contribution in [2.24, 2.45) is 7.05 Å². The van der Waals surface area contributed by atoms with Crippen LogP contribution < -0.4 is 5.32 Å². The van der Waals surface area contributed by atoms with Gasteiger partial charge in [-0.05, 0) is 12.8 Å². The first-order chi connectivity index (χ1) is 13.7. The van der Waals surface area contributed by atoms with Crippen molar-refractivity contribution in [3.05, 3.63) is 30.3 Å². The zero-order valence-corrected chi connectivity index (χ0v) is 16.2. The number of hydrogen-bond donors (Lipinski definition) is 1. The molecule has 1 aliphatic heterocycles. The molecule has 10 heteroatoms. The maximum atomic E-state index is 12.0. The van der Waals surface area contributed by atoms with E-state index in [1.165, 1.54) is 11.8 Å². The number of benzene rings is 1. The second-order valence-corrected chi connectivity index (χ2v) is 7.32. The molecule has 2 aromatic heterocycles. The van der Waals surface area contributed by atoms with E-state index in [0.717, 1.165) is 25.0 Å². The molecule has 1 atom stereocenters. The lowest BCUT2D eigenvalue weighted by Gasteiger charge is -2.10. The van der Waals surface area contributed by atoms with Crippen molar-refractivity contribution in [2.45, 2.75) is 24.1 Å². The Hall–Kier alpha value is -2.72. The number of nitrogens with one attached hydrogen (secondary N) is 1. The summed E-state index contributed by atoms with van der Waals surface area (Å²) in [7, 11) is 1.80. The topological polar surface area (TPSA) is 108 Å². The Bertz CT molecular complexity index is 936. The highest BCUT2D eigenvalue weighted by atomic mass is 32.2. The number of ether oxygens (including phenoxy) is 1. The fraction of sp³-hybridized carbons (Fsp3) is 0.389. The van der Waals surface area contributed by atoms with Gasteiger partial charge in [-0.25, -0.2) is 0 Å². The first-order valence-corrected chi connectivity index (χ1v) is 9.99. The van der Waals surface area contributed by atoms with Gasteiger partial charge in [0, 0.05) is 25.8 Å². The third-order valence-electron chi connectivity index (χ3n) is 4.37. The molecule has 28 heavy (non-hydrogen) atoms. The summed E-state index contributed by atoms with van der Waals surface area (Å²) in [5.74, 6) is 1.41. The van der Waals surface area contributed by atoms with Crippen molar-refractivity contribution < 1.29 is 14.1 Å². The van der Waals surface area contributed by atoms with Gasteiger partial charge >= 0.3 is 0 Å². The molecule has 4 rings (SSSR count). The zero-order valence-electron chi connectivity index (χ0n) is 15.4. The molecule has 146 valence electrons. The molecule has 1 amide bonds. The first kappa shape index (κ1) is 18.6. The van der Waals surface area contributed by atoms with Crippen LogP contribution in [0.15, 0.2) is 40.0 Å². The van der Waals surface area contributed by atoms with E-state index in [9.17, 15) is 4.79 Å². The van der Waals surface area contributed by atoms with E-state index in [2.05, 4.69) is 25.7 Å². The Morgan fingerprint density at radius 2 is 2.18 bits per heavy atom. The molecular weight excluding hydrogens is 380 g/mol. The van der Waals surface area contributed by atoms with Gasteiger partial charge in [0.15, 0.2) is 5.16 Å². The summed E-state index contributed by atoms with van der Waals surface area (Å²) in [5.41, 5.74) is 0.859. The Labute approximate surface area is 165 Å². The quantitative estimate of drug-likeness (QED) is 0.599. The summed E-state index contributed by atoms with van der Waals surface area (Å²) in [6.45, 7) is 1.33. The molecule has 0 bridgehead atoms. The van der Waals surface area contributed by atoms with Gasteiger partial charge < -0.3 is 19.1 Å². The van der Waals surface area contributed by atoms with Crippen molar-refractivity contribution in [1.29, 1.82) is 0 Å². The minimum atomic E-state index is -0.0609. The van der Waals surface area contributed by atoms with Crippen LogP contribution in [-0.4, -0.2) is 55.8 Å². The molecule has 1 fully saturated rings. The van der Waals surface area contributed by atoms with Crippen molar-refractivity contribution >= 4 is 17.7 Å². The highest BCUT2D eigenvalue weighted by Crippen LogP contribution is 2.24. The summed E-state index contributed by atoms with van der Waals surface area (Å²) in [4.78, 5) is 16.4. The van der Waals surface area contributed by atoms with Crippen LogP contribution in [0.1, 0.15) is 12.8 Å². The standard InChI is InChI=1S/C18H20N6O3S/c1-24-16(17-20-15(23-27-17)12-6-3-2-4-7-12)21-22-18(24)28-11-14(25)19-10-13-8-5-9-26-13/h2-4,6-7,13H,5,8-11H2,1H3,(H,19,25)/t13-/m0/s1. The maximum absolute atomic E-state index is 12.0. The lowest BCUT2D eigenvalue weighted by atomic mass is 10.2. The van der Waals surface area contributed by atoms with Crippen LogP contribution >= 0.6 is 11.8 Å². The molecule has 1 saturated heterocycles. The number of amides is 1. The normalized spacial score (nSPS) is 16.4. The van der Waals surface area contributed by atoms with Crippen molar-refractivity contribution in [3.63, 3.8) is 0 Å². The summed E-state index contributed by atoms with van der Waals surface area (Å²) in [6, 6.07) is 9.55. The fourth-order valence-corrected chi connectivity index (χ4v) is 3.60. The van der Waals surface area contributed by atoms with Gasteiger partial charge in [-0.1, -0.05) is 47.3 Å². The van der Waals surface area contributed by atoms with Gasteiger partial charge in [0.2, 0.25) is 17.6 Å². The van der Waals surface area contributed by atoms with E-state index >= 15 is 0 Å². The Morgan fingerprint density at radius 3 is 2.96 bits per heavy atom. The predicted molar refractivity (Wildman–Crippen MR) is 102 cm³/mol.